The number of hydrogen-bond acceptors (Lipinski definition) is 4. The summed E-state index contributed by atoms with van der Waals surface area (Å²) in [6, 6.07) is 12.9. The van der Waals surface area contributed by atoms with Gasteiger partial charge in [-0.05, 0) is 18.9 Å². The van der Waals surface area contributed by atoms with Gasteiger partial charge < -0.3 is 4.90 Å². The van der Waals surface area contributed by atoms with Crippen molar-refractivity contribution in [1.29, 1.82) is 0 Å². The van der Waals surface area contributed by atoms with E-state index in [9.17, 15) is 0 Å². The highest BCUT2D eigenvalue weighted by Crippen LogP contribution is 2.31. The number of rotatable bonds is 3. The van der Waals surface area contributed by atoms with E-state index in [4.69, 9.17) is 4.98 Å². The van der Waals surface area contributed by atoms with E-state index in [2.05, 4.69) is 50.5 Å². The van der Waals surface area contributed by atoms with E-state index in [0.29, 0.717) is 6.04 Å². The predicted octanol–water partition coefficient (Wildman–Crippen LogP) is 3.85. The van der Waals surface area contributed by atoms with Crippen LogP contribution in [-0.4, -0.2) is 27.9 Å². The Morgan fingerprint density at radius 3 is 2.59 bits per heavy atom. The first kappa shape index (κ1) is 13.5. The van der Waals surface area contributed by atoms with Crippen LogP contribution in [0.3, 0.4) is 0 Å². The van der Waals surface area contributed by atoms with E-state index in [1.807, 2.05) is 18.3 Å². The van der Waals surface area contributed by atoms with Crippen LogP contribution in [-0.2, 0) is 0 Å². The minimum absolute atomic E-state index is 0.528. The number of hydrogen-bond donors (Lipinski definition) is 0. The van der Waals surface area contributed by atoms with Crippen molar-refractivity contribution in [3.63, 3.8) is 0 Å². The number of aromatic nitrogens is 3. The van der Waals surface area contributed by atoms with Crippen LogP contribution >= 0.6 is 11.3 Å². The van der Waals surface area contributed by atoms with Gasteiger partial charge in [-0.2, -0.15) is 5.10 Å². The fraction of sp³-hybridized carbons (Fsp3) is 0.294. The monoisotopic (exact) mass is 310 g/mol. The zero-order chi connectivity index (χ0) is 14.8. The minimum atomic E-state index is 0.528. The predicted molar refractivity (Wildman–Crippen MR) is 90.3 cm³/mol. The summed E-state index contributed by atoms with van der Waals surface area (Å²) in [5.41, 5.74) is 2.27. The third-order valence-electron chi connectivity index (χ3n) is 4.20. The van der Waals surface area contributed by atoms with Crippen molar-refractivity contribution >= 4 is 16.5 Å². The molecule has 1 aliphatic rings. The zero-order valence-electron chi connectivity index (χ0n) is 12.3. The summed E-state index contributed by atoms with van der Waals surface area (Å²) in [4.78, 5) is 7.21. The van der Waals surface area contributed by atoms with Gasteiger partial charge in [-0.25, -0.2) is 4.98 Å². The highest BCUT2D eigenvalue weighted by molar-refractivity contribution is 7.14. The van der Waals surface area contributed by atoms with Gasteiger partial charge in [0, 0.05) is 36.4 Å². The third kappa shape index (κ3) is 2.64. The molecule has 4 nitrogen and oxygen atoms in total. The first-order valence-corrected chi connectivity index (χ1v) is 8.53. The van der Waals surface area contributed by atoms with Gasteiger partial charge in [0.2, 0.25) is 0 Å². The van der Waals surface area contributed by atoms with E-state index >= 15 is 0 Å². The molecule has 0 amide bonds. The van der Waals surface area contributed by atoms with Gasteiger partial charge >= 0.3 is 0 Å². The van der Waals surface area contributed by atoms with Crippen LogP contribution in [0.4, 0.5) is 5.13 Å². The second-order valence-electron chi connectivity index (χ2n) is 5.59. The molecule has 0 unspecified atom stereocenters. The van der Waals surface area contributed by atoms with Crippen LogP contribution in [0.15, 0.2) is 54.2 Å². The molecule has 3 aromatic rings. The van der Waals surface area contributed by atoms with Crippen LogP contribution < -0.4 is 4.90 Å². The molecule has 1 fully saturated rings. The van der Waals surface area contributed by atoms with Gasteiger partial charge in [0.05, 0.1) is 11.7 Å². The molecular weight excluding hydrogens is 292 g/mol. The maximum Gasteiger partial charge on any atom is 0.185 e. The second kappa shape index (κ2) is 5.93. The van der Waals surface area contributed by atoms with E-state index < -0.39 is 0 Å². The van der Waals surface area contributed by atoms with Gasteiger partial charge in [-0.1, -0.05) is 30.3 Å². The average molecular weight is 310 g/mol. The number of piperidine rings is 1. The molecule has 0 saturated carbocycles. The SMILES string of the molecule is c1ccc(-c2csc(N3CCC(n4cccn4)CC3)n2)cc1. The van der Waals surface area contributed by atoms with Gasteiger partial charge in [-0.3, -0.25) is 4.68 Å². The number of nitrogens with zero attached hydrogens (tertiary/aromatic N) is 4. The molecule has 22 heavy (non-hydrogen) atoms. The zero-order valence-corrected chi connectivity index (χ0v) is 13.1. The van der Waals surface area contributed by atoms with Crippen molar-refractivity contribution in [2.45, 2.75) is 18.9 Å². The molecule has 5 heteroatoms. The molecule has 1 aliphatic heterocycles. The lowest BCUT2D eigenvalue weighted by molar-refractivity contribution is 0.367. The van der Waals surface area contributed by atoms with Gasteiger partial charge in [0.15, 0.2) is 5.13 Å². The molecule has 0 N–H and O–H groups in total. The van der Waals surface area contributed by atoms with Crippen molar-refractivity contribution in [2.75, 3.05) is 18.0 Å². The topological polar surface area (TPSA) is 34.0 Å². The average Bonchev–Trinajstić information content (AvgIpc) is 3.28. The van der Waals surface area contributed by atoms with E-state index in [1.54, 1.807) is 11.3 Å². The second-order valence-corrected chi connectivity index (χ2v) is 6.42. The molecular formula is C17H18N4S. The van der Waals surface area contributed by atoms with E-state index in [0.717, 1.165) is 36.8 Å². The van der Waals surface area contributed by atoms with Crippen LogP contribution in [0.5, 0.6) is 0 Å². The maximum absolute atomic E-state index is 4.81. The Balaban J connectivity index is 1.45. The van der Waals surface area contributed by atoms with E-state index in [-0.39, 0.29) is 0 Å². The minimum Gasteiger partial charge on any atom is -0.348 e. The van der Waals surface area contributed by atoms with Crippen molar-refractivity contribution in [2.24, 2.45) is 0 Å². The van der Waals surface area contributed by atoms with Crippen molar-refractivity contribution in [1.82, 2.24) is 14.8 Å². The fourth-order valence-electron chi connectivity index (χ4n) is 2.97. The largest absolute Gasteiger partial charge is 0.348 e. The van der Waals surface area contributed by atoms with E-state index in [1.165, 1.54) is 5.56 Å². The molecule has 3 heterocycles. The summed E-state index contributed by atoms with van der Waals surface area (Å²) in [5.74, 6) is 0. The Morgan fingerprint density at radius 1 is 1.05 bits per heavy atom. The Morgan fingerprint density at radius 2 is 1.86 bits per heavy atom. The van der Waals surface area contributed by atoms with Crippen LogP contribution in [0.1, 0.15) is 18.9 Å². The van der Waals surface area contributed by atoms with Gasteiger partial charge in [0.1, 0.15) is 0 Å². The molecule has 112 valence electrons. The number of anilines is 1. The van der Waals surface area contributed by atoms with Crippen LogP contribution in [0.25, 0.3) is 11.3 Å². The molecule has 2 aromatic heterocycles. The van der Waals surface area contributed by atoms with Crippen molar-refractivity contribution < 1.29 is 0 Å². The fourth-order valence-corrected chi connectivity index (χ4v) is 3.86. The van der Waals surface area contributed by atoms with Crippen LogP contribution in [0.2, 0.25) is 0 Å². The molecule has 0 aliphatic carbocycles. The molecule has 1 aromatic carbocycles. The lowest BCUT2D eigenvalue weighted by Crippen LogP contribution is -2.34. The summed E-state index contributed by atoms with van der Waals surface area (Å²) in [7, 11) is 0. The smallest absolute Gasteiger partial charge is 0.185 e. The molecule has 4 rings (SSSR count). The lowest BCUT2D eigenvalue weighted by Gasteiger charge is -2.31. The molecule has 0 spiro atoms. The summed E-state index contributed by atoms with van der Waals surface area (Å²) < 4.78 is 2.09. The quantitative estimate of drug-likeness (QED) is 0.737. The lowest BCUT2D eigenvalue weighted by atomic mass is 10.1. The standard InChI is InChI=1S/C17H18N4S/c1-2-5-14(6-3-1)16-13-22-17(19-16)20-11-7-15(8-12-20)21-10-4-9-18-21/h1-6,9-10,13,15H,7-8,11-12H2. The van der Waals surface area contributed by atoms with Crippen LogP contribution in [0, 0.1) is 0 Å². The first-order chi connectivity index (χ1) is 10.9. The summed E-state index contributed by atoms with van der Waals surface area (Å²) in [6.45, 7) is 2.10. The Labute approximate surface area is 134 Å². The van der Waals surface area contributed by atoms with Gasteiger partial charge in [-0.15, -0.1) is 11.3 Å². The summed E-state index contributed by atoms with van der Waals surface area (Å²) in [6.07, 6.45) is 6.18. The Bertz CT molecular complexity index is 712. The van der Waals surface area contributed by atoms with Gasteiger partial charge in [0.25, 0.3) is 0 Å². The maximum atomic E-state index is 4.81. The molecule has 0 bridgehead atoms. The summed E-state index contributed by atoms with van der Waals surface area (Å²) >= 11 is 1.74. The molecule has 0 radical (unpaired) electrons. The van der Waals surface area contributed by atoms with Crippen molar-refractivity contribution in [3.8, 4) is 11.3 Å². The normalized spacial score (nSPS) is 16.1. The number of thiazole rings is 1. The highest BCUT2D eigenvalue weighted by atomic mass is 32.1. The summed E-state index contributed by atoms with van der Waals surface area (Å²) in [5, 5.41) is 7.66. The Hall–Kier alpha value is -2.14. The van der Waals surface area contributed by atoms with Crippen molar-refractivity contribution in [3.05, 3.63) is 54.2 Å². The third-order valence-corrected chi connectivity index (χ3v) is 5.10. The highest BCUT2D eigenvalue weighted by Gasteiger charge is 2.22. The Kier molecular flexibility index (Phi) is 3.64. The molecule has 1 saturated heterocycles. The number of benzene rings is 1. The molecule has 0 atom stereocenters. The first-order valence-electron chi connectivity index (χ1n) is 7.65.